The zero-order valence-electron chi connectivity index (χ0n) is 19.9. The van der Waals surface area contributed by atoms with E-state index >= 15 is 0 Å². The molecule has 4 heterocycles. The maximum absolute atomic E-state index is 13.6. The van der Waals surface area contributed by atoms with Gasteiger partial charge in [0.2, 0.25) is 0 Å². The average Bonchev–Trinajstić information content (AvgIpc) is 3.27. The van der Waals surface area contributed by atoms with Crippen LogP contribution in [0.4, 0.5) is 18.9 Å². The van der Waals surface area contributed by atoms with Gasteiger partial charge in [0.1, 0.15) is 10.7 Å². The van der Waals surface area contributed by atoms with E-state index in [-0.39, 0.29) is 16.6 Å². The summed E-state index contributed by atoms with van der Waals surface area (Å²) in [6, 6.07) is 4.72. The first-order valence-corrected chi connectivity index (χ1v) is 12.3. The lowest BCUT2D eigenvalue weighted by Gasteiger charge is -2.35. The van der Waals surface area contributed by atoms with Gasteiger partial charge in [-0.05, 0) is 44.7 Å². The quantitative estimate of drug-likeness (QED) is 0.491. The number of halogens is 4. The van der Waals surface area contributed by atoms with Crippen LogP contribution in [0, 0.1) is 0 Å². The lowest BCUT2D eigenvalue weighted by atomic mass is 9.99. The van der Waals surface area contributed by atoms with Gasteiger partial charge in [-0.25, -0.2) is 4.68 Å². The van der Waals surface area contributed by atoms with E-state index in [4.69, 9.17) is 16.3 Å². The minimum absolute atomic E-state index is 0.0503. The van der Waals surface area contributed by atoms with Gasteiger partial charge in [0.25, 0.3) is 5.56 Å². The molecule has 2 aromatic heterocycles. The molecule has 0 saturated carbocycles. The second-order valence-corrected chi connectivity index (χ2v) is 9.66. The molecule has 0 spiro atoms. The number of aromatic nitrogens is 5. The molecule has 1 saturated heterocycles. The predicted octanol–water partition coefficient (Wildman–Crippen LogP) is 4.77. The molecule has 5 rings (SSSR count). The van der Waals surface area contributed by atoms with Gasteiger partial charge in [-0.1, -0.05) is 35.0 Å². The lowest BCUT2D eigenvalue weighted by molar-refractivity contribution is -0.138. The fourth-order valence-corrected chi connectivity index (χ4v) is 5.27. The Kier molecular flexibility index (Phi) is 6.54. The minimum atomic E-state index is -4.47. The highest BCUT2D eigenvalue weighted by atomic mass is 35.5. The molecule has 2 unspecified atom stereocenters. The van der Waals surface area contributed by atoms with E-state index in [1.807, 2.05) is 11.8 Å². The summed E-state index contributed by atoms with van der Waals surface area (Å²) in [7, 11) is 0. The SMILES string of the molecule is CC(c1ccccc1C(F)(F)F)n1nnc2c1C[C@@H](C)N(c1cnn(C3CCCCO3)c(=O)c1Cl)C2. The molecule has 2 aliphatic rings. The van der Waals surface area contributed by atoms with E-state index in [9.17, 15) is 18.0 Å². The predicted molar refractivity (Wildman–Crippen MR) is 127 cm³/mol. The Balaban J connectivity index is 1.44. The van der Waals surface area contributed by atoms with Crippen LogP contribution in [0.25, 0.3) is 0 Å². The van der Waals surface area contributed by atoms with Crippen molar-refractivity contribution in [3.05, 3.63) is 68.4 Å². The number of rotatable bonds is 4. The zero-order chi connectivity index (χ0) is 25.6. The number of alkyl halides is 3. The highest BCUT2D eigenvalue weighted by Gasteiger charge is 2.36. The summed E-state index contributed by atoms with van der Waals surface area (Å²) < 4.78 is 49.3. The fraction of sp³-hybridized carbons (Fsp3) is 0.500. The smallest absolute Gasteiger partial charge is 0.360 e. The van der Waals surface area contributed by atoms with Gasteiger partial charge < -0.3 is 9.64 Å². The monoisotopic (exact) mass is 522 g/mol. The third-order valence-electron chi connectivity index (χ3n) is 6.96. The van der Waals surface area contributed by atoms with Crippen molar-refractivity contribution >= 4 is 17.3 Å². The number of fused-ring (bicyclic) bond motifs is 1. The molecule has 1 aromatic carbocycles. The van der Waals surface area contributed by atoms with Crippen LogP contribution in [0.2, 0.25) is 5.02 Å². The summed E-state index contributed by atoms with van der Waals surface area (Å²) in [6.45, 7) is 4.52. The Hall–Kier alpha value is -2.92. The third-order valence-corrected chi connectivity index (χ3v) is 7.31. The Morgan fingerprint density at radius 2 is 2.00 bits per heavy atom. The van der Waals surface area contributed by atoms with E-state index in [1.165, 1.54) is 16.8 Å². The van der Waals surface area contributed by atoms with Crippen LogP contribution in [-0.4, -0.2) is 37.4 Å². The van der Waals surface area contributed by atoms with Crippen LogP contribution in [0.5, 0.6) is 0 Å². The molecule has 192 valence electrons. The Labute approximate surface area is 210 Å². The van der Waals surface area contributed by atoms with Gasteiger partial charge in [0.05, 0.1) is 35.7 Å². The van der Waals surface area contributed by atoms with Crippen molar-refractivity contribution in [1.29, 1.82) is 0 Å². The van der Waals surface area contributed by atoms with Crippen molar-refractivity contribution < 1.29 is 17.9 Å². The standard InChI is InChI=1S/C24H26ClF3N6O2/c1-14-11-19-18(30-31-33(19)15(2)16-7-3-4-8-17(16)24(26,27)28)13-32(14)20-12-29-34(23(35)22(20)25)21-9-5-6-10-36-21/h3-4,7-8,12,14-15,21H,5-6,9-11,13H2,1-2H3/t14-,15?,21?/m1/s1. The zero-order valence-corrected chi connectivity index (χ0v) is 20.6. The summed E-state index contributed by atoms with van der Waals surface area (Å²) in [5.41, 5.74) is 0.898. The topological polar surface area (TPSA) is 78.1 Å². The first-order valence-electron chi connectivity index (χ1n) is 11.9. The van der Waals surface area contributed by atoms with Crippen LogP contribution < -0.4 is 10.5 Å². The molecule has 0 radical (unpaired) electrons. The van der Waals surface area contributed by atoms with E-state index < -0.39 is 29.6 Å². The minimum Gasteiger partial charge on any atom is -0.360 e. The number of ether oxygens (including phenoxy) is 1. The van der Waals surface area contributed by atoms with Crippen molar-refractivity contribution in [2.75, 3.05) is 11.5 Å². The van der Waals surface area contributed by atoms with Crippen LogP contribution in [0.1, 0.15) is 67.9 Å². The van der Waals surface area contributed by atoms with Crippen LogP contribution in [0.3, 0.4) is 0 Å². The molecule has 2 aliphatic heterocycles. The Morgan fingerprint density at radius 1 is 1.22 bits per heavy atom. The van der Waals surface area contributed by atoms with Gasteiger partial charge in [0.15, 0.2) is 6.23 Å². The maximum Gasteiger partial charge on any atom is 0.416 e. The molecule has 0 N–H and O–H groups in total. The first kappa shape index (κ1) is 24.8. The van der Waals surface area contributed by atoms with Crippen LogP contribution in [-0.2, 0) is 23.9 Å². The van der Waals surface area contributed by atoms with Crippen molar-refractivity contribution in [2.45, 2.75) is 70.6 Å². The van der Waals surface area contributed by atoms with Gasteiger partial charge in [-0.2, -0.15) is 23.0 Å². The second kappa shape index (κ2) is 9.51. The summed E-state index contributed by atoms with van der Waals surface area (Å²) in [5.74, 6) is 0. The fourth-order valence-electron chi connectivity index (χ4n) is 5.03. The van der Waals surface area contributed by atoms with E-state index in [1.54, 1.807) is 23.9 Å². The van der Waals surface area contributed by atoms with Gasteiger partial charge in [-0.3, -0.25) is 4.79 Å². The molecule has 12 heteroatoms. The van der Waals surface area contributed by atoms with Crippen molar-refractivity contribution in [2.24, 2.45) is 0 Å². The first-order chi connectivity index (χ1) is 17.2. The lowest BCUT2D eigenvalue weighted by Crippen LogP contribution is -2.41. The summed E-state index contributed by atoms with van der Waals surface area (Å²) >= 11 is 6.52. The number of anilines is 1. The number of hydrogen-bond donors (Lipinski definition) is 0. The molecule has 0 bridgehead atoms. The normalized spacial score (nSPS) is 21.3. The van der Waals surface area contributed by atoms with E-state index in [0.717, 1.165) is 24.6 Å². The van der Waals surface area contributed by atoms with Crippen LogP contribution in [0.15, 0.2) is 35.3 Å². The number of nitrogens with zero attached hydrogens (tertiary/aromatic N) is 6. The van der Waals surface area contributed by atoms with Gasteiger partial charge >= 0.3 is 6.18 Å². The van der Waals surface area contributed by atoms with Crippen molar-refractivity contribution in [3.63, 3.8) is 0 Å². The third kappa shape index (κ3) is 4.39. The van der Waals surface area contributed by atoms with E-state index in [2.05, 4.69) is 15.4 Å². The molecule has 36 heavy (non-hydrogen) atoms. The molecule has 3 aromatic rings. The summed E-state index contributed by atoms with van der Waals surface area (Å²) in [6.07, 6.45) is -0.268. The Bertz CT molecular complexity index is 1320. The molecule has 8 nitrogen and oxygen atoms in total. The molecule has 1 fully saturated rings. The highest BCUT2D eigenvalue weighted by molar-refractivity contribution is 6.33. The maximum atomic E-state index is 13.6. The number of hydrogen-bond acceptors (Lipinski definition) is 6. The summed E-state index contributed by atoms with van der Waals surface area (Å²) in [5, 5.41) is 12.9. The largest absolute Gasteiger partial charge is 0.416 e. The van der Waals surface area contributed by atoms with Crippen molar-refractivity contribution in [3.8, 4) is 0 Å². The molecular formula is C24H26ClF3N6O2. The second-order valence-electron chi connectivity index (χ2n) is 9.28. The Morgan fingerprint density at radius 3 is 2.72 bits per heavy atom. The van der Waals surface area contributed by atoms with Gasteiger partial charge in [-0.15, -0.1) is 5.10 Å². The number of benzene rings is 1. The molecular weight excluding hydrogens is 497 g/mol. The highest BCUT2D eigenvalue weighted by Crippen LogP contribution is 2.37. The average molecular weight is 523 g/mol. The molecule has 0 amide bonds. The van der Waals surface area contributed by atoms with Gasteiger partial charge in [0, 0.05) is 19.1 Å². The van der Waals surface area contributed by atoms with Crippen molar-refractivity contribution in [1.82, 2.24) is 24.8 Å². The molecule has 0 aliphatic carbocycles. The summed E-state index contributed by atoms with van der Waals surface area (Å²) in [4.78, 5) is 14.9. The van der Waals surface area contributed by atoms with Crippen LogP contribution >= 0.6 is 11.6 Å². The molecule has 3 atom stereocenters. The van der Waals surface area contributed by atoms with E-state index in [0.29, 0.717) is 37.4 Å².